The second kappa shape index (κ2) is 10.1. The van der Waals surface area contributed by atoms with E-state index in [1.807, 2.05) is 0 Å². The largest absolute Gasteiger partial charge is 0.465 e. The van der Waals surface area contributed by atoms with Gasteiger partial charge in [0.05, 0.1) is 13.2 Å². The molecular formula is C15H32N2O3. The van der Waals surface area contributed by atoms with Crippen molar-refractivity contribution >= 4 is 5.97 Å². The third-order valence-corrected chi connectivity index (χ3v) is 3.45. The summed E-state index contributed by atoms with van der Waals surface area (Å²) in [7, 11) is 1.72. The van der Waals surface area contributed by atoms with E-state index in [-0.39, 0.29) is 5.97 Å². The highest BCUT2D eigenvalue weighted by molar-refractivity contribution is 5.79. The lowest BCUT2D eigenvalue weighted by atomic mass is 9.96. The zero-order valence-electron chi connectivity index (χ0n) is 13.8. The summed E-state index contributed by atoms with van der Waals surface area (Å²) < 4.78 is 10.1. The summed E-state index contributed by atoms with van der Waals surface area (Å²) in [5.74, 6) is -0.305. The van der Waals surface area contributed by atoms with E-state index in [9.17, 15) is 4.79 Å². The molecule has 0 aliphatic rings. The van der Waals surface area contributed by atoms with Gasteiger partial charge in [-0.25, -0.2) is 0 Å². The molecule has 0 amide bonds. The van der Waals surface area contributed by atoms with Gasteiger partial charge >= 0.3 is 5.97 Å². The Labute approximate surface area is 123 Å². The predicted octanol–water partition coefficient (Wildman–Crippen LogP) is 1.79. The number of nitrogens with two attached hydrogens (primary N) is 1. The molecule has 1 atom stereocenters. The number of ether oxygens (including phenoxy) is 2. The molecule has 0 spiro atoms. The molecule has 0 radical (unpaired) electrons. The van der Waals surface area contributed by atoms with Crippen LogP contribution in [-0.2, 0) is 14.3 Å². The molecule has 0 aromatic heterocycles. The van der Waals surface area contributed by atoms with Crippen LogP contribution in [0.5, 0.6) is 0 Å². The third-order valence-electron chi connectivity index (χ3n) is 3.45. The minimum Gasteiger partial charge on any atom is -0.465 e. The van der Waals surface area contributed by atoms with Gasteiger partial charge in [-0.15, -0.1) is 0 Å². The molecule has 0 saturated carbocycles. The maximum absolute atomic E-state index is 11.7. The summed E-state index contributed by atoms with van der Waals surface area (Å²) in [5, 5.41) is 0. The molecule has 5 nitrogen and oxygen atoms in total. The number of rotatable bonds is 11. The van der Waals surface area contributed by atoms with Gasteiger partial charge in [-0.2, -0.15) is 0 Å². The minimum absolute atomic E-state index is 0.305. The lowest BCUT2D eigenvalue weighted by molar-refractivity contribution is -0.149. The molecule has 2 N–H and O–H groups in total. The molecule has 0 fully saturated rings. The Kier molecular flexibility index (Phi) is 9.80. The first-order chi connectivity index (χ1) is 9.35. The zero-order valence-corrected chi connectivity index (χ0v) is 13.8. The predicted molar refractivity (Wildman–Crippen MR) is 81.7 cm³/mol. The summed E-state index contributed by atoms with van der Waals surface area (Å²) in [6.07, 6.45) is 2.60. The van der Waals surface area contributed by atoms with Crippen LogP contribution in [0.3, 0.4) is 0 Å². The fourth-order valence-corrected chi connectivity index (χ4v) is 2.04. The molecule has 5 heteroatoms. The number of nitrogens with zero attached hydrogens (tertiary/aromatic N) is 1. The highest BCUT2D eigenvalue weighted by Crippen LogP contribution is 2.13. The first-order valence-electron chi connectivity index (χ1n) is 7.54. The van der Waals surface area contributed by atoms with Crippen LogP contribution >= 0.6 is 0 Å². The summed E-state index contributed by atoms with van der Waals surface area (Å²) in [6.45, 7) is 11.0. The van der Waals surface area contributed by atoms with Crippen molar-refractivity contribution in [3.05, 3.63) is 0 Å². The monoisotopic (exact) mass is 288 g/mol. The van der Waals surface area contributed by atoms with Crippen molar-refractivity contribution in [2.24, 2.45) is 5.73 Å². The molecule has 0 aromatic rings. The number of hydrogen-bond acceptors (Lipinski definition) is 5. The lowest BCUT2D eigenvalue weighted by Gasteiger charge is -2.27. The van der Waals surface area contributed by atoms with Gasteiger partial charge in [-0.05, 0) is 53.5 Å². The Hall–Kier alpha value is -0.650. The highest BCUT2D eigenvalue weighted by atomic mass is 16.5. The molecule has 20 heavy (non-hydrogen) atoms. The normalized spacial score (nSPS) is 14.6. The van der Waals surface area contributed by atoms with Crippen molar-refractivity contribution in [3.63, 3.8) is 0 Å². The van der Waals surface area contributed by atoms with Gasteiger partial charge in [-0.3, -0.25) is 9.69 Å². The molecule has 0 saturated heterocycles. The topological polar surface area (TPSA) is 64.8 Å². The summed E-state index contributed by atoms with van der Waals surface area (Å²) in [5.41, 5.74) is 5.13. The van der Waals surface area contributed by atoms with Gasteiger partial charge in [0.15, 0.2) is 0 Å². The molecule has 1 unspecified atom stereocenters. The summed E-state index contributed by atoms with van der Waals surface area (Å²) in [4.78, 5) is 14.0. The van der Waals surface area contributed by atoms with E-state index in [4.69, 9.17) is 15.2 Å². The van der Waals surface area contributed by atoms with Crippen molar-refractivity contribution in [1.82, 2.24) is 4.90 Å². The Bertz CT molecular complexity index is 268. The molecule has 0 aromatic carbocycles. The molecule has 0 aliphatic carbocycles. The number of methoxy groups -OCH3 is 1. The number of esters is 1. The fourth-order valence-electron chi connectivity index (χ4n) is 2.04. The van der Waals surface area contributed by atoms with Gasteiger partial charge in [0.25, 0.3) is 0 Å². The van der Waals surface area contributed by atoms with E-state index >= 15 is 0 Å². The van der Waals surface area contributed by atoms with Crippen molar-refractivity contribution in [1.29, 1.82) is 0 Å². The maximum Gasteiger partial charge on any atom is 0.325 e. The van der Waals surface area contributed by atoms with E-state index in [2.05, 4.69) is 18.7 Å². The molecule has 0 heterocycles. The third kappa shape index (κ3) is 7.82. The van der Waals surface area contributed by atoms with Crippen LogP contribution in [0.25, 0.3) is 0 Å². The van der Waals surface area contributed by atoms with Crippen LogP contribution in [0.4, 0.5) is 0 Å². The zero-order chi connectivity index (χ0) is 15.6. The first-order valence-corrected chi connectivity index (χ1v) is 7.54. The number of carbonyl (C=O) groups is 1. The molecule has 0 rings (SSSR count). The van der Waals surface area contributed by atoms with Crippen LogP contribution in [0, 0.1) is 0 Å². The standard InChI is InChI=1S/C15H32N2O3/c1-6-20-14(18)15(4,16)9-7-8-10-17(13(2)3)11-12-19-5/h13H,6-12,16H2,1-5H3. The van der Waals surface area contributed by atoms with Gasteiger partial charge in [-0.1, -0.05) is 0 Å². The SMILES string of the molecule is CCOC(=O)C(C)(N)CCCCN(CCOC)C(C)C. The van der Waals surface area contributed by atoms with Crippen molar-refractivity contribution in [2.45, 2.75) is 58.5 Å². The average Bonchev–Trinajstić information content (AvgIpc) is 2.37. The van der Waals surface area contributed by atoms with Crippen LogP contribution in [0.1, 0.15) is 47.0 Å². The van der Waals surface area contributed by atoms with Crippen molar-refractivity contribution < 1.29 is 14.3 Å². The maximum atomic E-state index is 11.7. The molecule has 0 aliphatic heterocycles. The smallest absolute Gasteiger partial charge is 0.325 e. The molecule has 120 valence electrons. The summed E-state index contributed by atoms with van der Waals surface area (Å²) >= 11 is 0. The second-order valence-electron chi connectivity index (χ2n) is 5.72. The van der Waals surface area contributed by atoms with Crippen LogP contribution in [0.2, 0.25) is 0 Å². The number of hydrogen-bond donors (Lipinski definition) is 1. The van der Waals surface area contributed by atoms with Crippen molar-refractivity contribution in [3.8, 4) is 0 Å². The quantitative estimate of drug-likeness (QED) is 0.464. The summed E-state index contributed by atoms with van der Waals surface area (Å²) in [6, 6.07) is 0.500. The Balaban J connectivity index is 4.00. The van der Waals surface area contributed by atoms with E-state index in [1.165, 1.54) is 0 Å². The second-order valence-corrected chi connectivity index (χ2v) is 5.72. The highest BCUT2D eigenvalue weighted by Gasteiger charge is 2.29. The van der Waals surface area contributed by atoms with E-state index in [0.29, 0.717) is 19.1 Å². The van der Waals surface area contributed by atoms with Gasteiger partial charge in [0.2, 0.25) is 0 Å². The number of carbonyl (C=O) groups excluding carboxylic acids is 1. The lowest BCUT2D eigenvalue weighted by Crippen LogP contribution is -2.46. The average molecular weight is 288 g/mol. The van der Waals surface area contributed by atoms with Crippen LogP contribution < -0.4 is 5.73 Å². The van der Waals surface area contributed by atoms with E-state index < -0.39 is 5.54 Å². The first kappa shape index (κ1) is 19.4. The number of unbranched alkanes of at least 4 members (excludes halogenated alkanes) is 1. The van der Waals surface area contributed by atoms with Gasteiger partial charge in [0, 0.05) is 19.7 Å². The Morgan fingerprint density at radius 3 is 2.45 bits per heavy atom. The van der Waals surface area contributed by atoms with Crippen molar-refractivity contribution in [2.75, 3.05) is 33.4 Å². The van der Waals surface area contributed by atoms with E-state index in [0.717, 1.165) is 32.5 Å². The van der Waals surface area contributed by atoms with E-state index in [1.54, 1.807) is 21.0 Å². The Morgan fingerprint density at radius 2 is 1.95 bits per heavy atom. The minimum atomic E-state index is -0.870. The van der Waals surface area contributed by atoms with Gasteiger partial charge < -0.3 is 15.2 Å². The Morgan fingerprint density at radius 1 is 1.30 bits per heavy atom. The van der Waals surface area contributed by atoms with Crippen LogP contribution in [-0.4, -0.2) is 55.9 Å². The van der Waals surface area contributed by atoms with Crippen LogP contribution in [0.15, 0.2) is 0 Å². The molecular weight excluding hydrogens is 256 g/mol. The fraction of sp³-hybridized carbons (Fsp3) is 0.933. The van der Waals surface area contributed by atoms with Gasteiger partial charge in [0.1, 0.15) is 5.54 Å². The molecule has 0 bridgehead atoms.